The zero-order valence-corrected chi connectivity index (χ0v) is 28.0. The number of likely N-dealkylation sites (N-methyl/N-ethyl adjacent to an activating group) is 1. The van der Waals surface area contributed by atoms with E-state index in [0.717, 1.165) is 27.8 Å². The van der Waals surface area contributed by atoms with Crippen LogP contribution in [0.15, 0.2) is 115 Å². The summed E-state index contributed by atoms with van der Waals surface area (Å²) in [5, 5.41) is 17.8. The Morgan fingerprint density at radius 1 is 0.939 bits per heavy atom. The normalized spacial score (nSPS) is 16.7. The van der Waals surface area contributed by atoms with Gasteiger partial charge in [-0.05, 0) is 73.5 Å². The third kappa shape index (κ3) is 8.20. The Hall–Kier alpha value is -5.38. The molecule has 0 saturated carbocycles. The summed E-state index contributed by atoms with van der Waals surface area (Å²) in [6.07, 6.45) is -0.251. The van der Waals surface area contributed by atoms with Crippen LogP contribution >= 0.6 is 0 Å². The molecule has 0 aliphatic carbocycles. The molecular formula is C40H42N4O5. The molecule has 3 N–H and O–H groups in total. The molecule has 0 unspecified atom stereocenters. The number of fused-ring (bicyclic) bond motifs is 2. The average molecular weight is 659 g/mol. The second kappa shape index (κ2) is 15.2. The predicted octanol–water partition coefficient (Wildman–Crippen LogP) is 7.63. The van der Waals surface area contributed by atoms with E-state index < -0.39 is 12.1 Å². The highest BCUT2D eigenvalue weighted by molar-refractivity contribution is 6.07. The van der Waals surface area contributed by atoms with Gasteiger partial charge in [-0.3, -0.25) is 9.69 Å². The maximum atomic E-state index is 13.9. The first-order valence-electron chi connectivity index (χ1n) is 16.6. The molecule has 9 nitrogen and oxygen atoms in total. The van der Waals surface area contributed by atoms with Gasteiger partial charge in [0.15, 0.2) is 0 Å². The topological polar surface area (TPSA) is 103 Å². The zero-order valence-electron chi connectivity index (χ0n) is 28.0. The molecule has 0 aromatic heterocycles. The molecule has 9 heteroatoms. The molecule has 0 radical (unpaired) electrons. The smallest absolute Gasteiger partial charge is 0.323 e. The summed E-state index contributed by atoms with van der Waals surface area (Å²) in [6.45, 7) is 5.43. The van der Waals surface area contributed by atoms with Crippen LogP contribution in [0.5, 0.6) is 17.2 Å². The van der Waals surface area contributed by atoms with Crippen LogP contribution in [0.4, 0.5) is 16.2 Å². The van der Waals surface area contributed by atoms with Crippen LogP contribution in [0.25, 0.3) is 10.8 Å². The van der Waals surface area contributed by atoms with E-state index in [1.165, 1.54) is 0 Å². The van der Waals surface area contributed by atoms with E-state index in [9.17, 15) is 14.7 Å². The van der Waals surface area contributed by atoms with Crippen LogP contribution < -0.4 is 20.1 Å². The van der Waals surface area contributed by atoms with Crippen LogP contribution in [0, 0.1) is 5.92 Å². The van der Waals surface area contributed by atoms with E-state index in [-0.39, 0.29) is 24.5 Å². The number of anilines is 2. The van der Waals surface area contributed by atoms with Crippen molar-refractivity contribution < 1.29 is 24.2 Å². The minimum atomic E-state index is -0.427. The highest BCUT2D eigenvalue weighted by Gasteiger charge is 2.33. The number of para-hydroxylation sites is 1. The van der Waals surface area contributed by atoms with Gasteiger partial charge in [-0.15, -0.1) is 0 Å². The minimum absolute atomic E-state index is 0.0283. The summed E-state index contributed by atoms with van der Waals surface area (Å²) in [5.74, 6) is 1.71. The summed E-state index contributed by atoms with van der Waals surface area (Å²) < 4.78 is 12.5. The van der Waals surface area contributed by atoms with Gasteiger partial charge in [0.25, 0.3) is 5.91 Å². The number of hydrogen-bond acceptors (Lipinski definition) is 6. The first kappa shape index (κ1) is 33.5. The number of amides is 3. The van der Waals surface area contributed by atoms with Crippen molar-refractivity contribution in [2.45, 2.75) is 32.5 Å². The van der Waals surface area contributed by atoms with E-state index in [2.05, 4.69) is 34.6 Å². The quantitative estimate of drug-likeness (QED) is 0.143. The molecule has 6 rings (SSSR count). The Morgan fingerprint density at radius 2 is 1.65 bits per heavy atom. The lowest BCUT2D eigenvalue weighted by Crippen LogP contribution is -2.49. The van der Waals surface area contributed by atoms with Crippen LogP contribution in [-0.2, 0) is 6.54 Å². The molecule has 49 heavy (non-hydrogen) atoms. The van der Waals surface area contributed by atoms with E-state index in [0.29, 0.717) is 42.3 Å². The Balaban J connectivity index is 1.17. The van der Waals surface area contributed by atoms with Crippen LogP contribution in [0.2, 0.25) is 0 Å². The Morgan fingerprint density at radius 3 is 2.43 bits per heavy atom. The summed E-state index contributed by atoms with van der Waals surface area (Å²) in [7, 11) is 2.05. The van der Waals surface area contributed by atoms with E-state index in [4.69, 9.17) is 9.47 Å². The van der Waals surface area contributed by atoms with Crippen LogP contribution in [0.1, 0.15) is 29.8 Å². The van der Waals surface area contributed by atoms with Gasteiger partial charge in [0, 0.05) is 36.6 Å². The summed E-state index contributed by atoms with van der Waals surface area (Å²) in [6, 6.07) is 35.6. The van der Waals surface area contributed by atoms with E-state index >= 15 is 0 Å². The zero-order chi connectivity index (χ0) is 34.3. The van der Waals surface area contributed by atoms with Crippen molar-refractivity contribution in [3.63, 3.8) is 0 Å². The Bertz CT molecular complexity index is 1890. The first-order valence-corrected chi connectivity index (χ1v) is 16.6. The number of ether oxygens (including phenoxy) is 2. The average Bonchev–Trinajstić information content (AvgIpc) is 3.11. The molecule has 0 bridgehead atoms. The summed E-state index contributed by atoms with van der Waals surface area (Å²) >= 11 is 0. The summed E-state index contributed by atoms with van der Waals surface area (Å²) in [4.78, 5) is 30.9. The second-order valence-corrected chi connectivity index (χ2v) is 12.7. The standard InChI is InChI=1S/C40H42N4O5/c1-27-23-44(28(2)26-45)39(46)35-22-31(41-40(47)42-36-15-9-11-30-10-7-8-14-34(30)36)18-21-37(35)49-38(27)25-43(3)24-29-16-19-33(20-17-29)48-32-12-5-4-6-13-32/h4-22,27-28,38,45H,23-26H2,1-3H3,(H2,41,42,47)/t27-,28+,38+/m1/s1. The molecule has 0 saturated heterocycles. The minimum Gasteiger partial charge on any atom is -0.488 e. The van der Waals surface area contributed by atoms with Gasteiger partial charge in [-0.2, -0.15) is 0 Å². The number of hydrogen-bond donors (Lipinski definition) is 3. The largest absolute Gasteiger partial charge is 0.488 e. The van der Waals surface area contributed by atoms with Gasteiger partial charge < -0.3 is 30.1 Å². The second-order valence-electron chi connectivity index (χ2n) is 12.7. The molecule has 3 amide bonds. The van der Waals surface area contributed by atoms with Gasteiger partial charge in [-0.25, -0.2) is 4.79 Å². The highest BCUT2D eigenvalue weighted by atomic mass is 16.5. The molecule has 0 spiro atoms. The van der Waals surface area contributed by atoms with Crippen LogP contribution in [0.3, 0.4) is 0 Å². The van der Waals surface area contributed by atoms with Crippen molar-refractivity contribution in [1.29, 1.82) is 0 Å². The van der Waals surface area contributed by atoms with Crippen molar-refractivity contribution in [3.05, 3.63) is 126 Å². The number of nitrogens with zero attached hydrogens (tertiary/aromatic N) is 2. The number of aliphatic hydroxyl groups is 1. The number of rotatable bonds is 10. The monoisotopic (exact) mass is 658 g/mol. The molecule has 1 heterocycles. The molecule has 5 aromatic carbocycles. The molecule has 0 fully saturated rings. The van der Waals surface area contributed by atoms with Crippen molar-refractivity contribution in [2.75, 3.05) is 37.4 Å². The number of benzene rings is 5. The molecule has 5 aromatic rings. The van der Waals surface area contributed by atoms with Crippen molar-refractivity contribution in [3.8, 4) is 17.2 Å². The van der Waals surface area contributed by atoms with Gasteiger partial charge in [0.2, 0.25) is 0 Å². The number of urea groups is 1. The third-order valence-corrected chi connectivity index (χ3v) is 8.81. The lowest BCUT2D eigenvalue weighted by molar-refractivity contribution is 0.0341. The van der Waals surface area contributed by atoms with Gasteiger partial charge >= 0.3 is 6.03 Å². The predicted molar refractivity (Wildman–Crippen MR) is 193 cm³/mol. The lowest BCUT2D eigenvalue weighted by atomic mass is 9.99. The fourth-order valence-corrected chi connectivity index (χ4v) is 6.11. The van der Waals surface area contributed by atoms with E-state index in [1.54, 1.807) is 23.1 Å². The number of nitrogens with one attached hydrogen (secondary N) is 2. The van der Waals surface area contributed by atoms with Crippen LogP contribution in [-0.4, -0.2) is 65.7 Å². The Labute approximate surface area is 287 Å². The molecule has 252 valence electrons. The van der Waals surface area contributed by atoms with Crippen molar-refractivity contribution in [1.82, 2.24) is 9.80 Å². The maximum Gasteiger partial charge on any atom is 0.323 e. The number of carbonyl (C=O) groups excluding carboxylic acids is 2. The van der Waals surface area contributed by atoms with Gasteiger partial charge in [0.1, 0.15) is 23.4 Å². The maximum absolute atomic E-state index is 13.9. The molecule has 3 atom stereocenters. The number of carbonyl (C=O) groups is 2. The highest BCUT2D eigenvalue weighted by Crippen LogP contribution is 2.31. The Kier molecular flexibility index (Phi) is 10.4. The van der Waals surface area contributed by atoms with Crippen molar-refractivity contribution in [2.24, 2.45) is 5.92 Å². The number of aliphatic hydroxyl groups excluding tert-OH is 1. The summed E-state index contributed by atoms with van der Waals surface area (Å²) in [5.41, 5.74) is 2.59. The van der Waals surface area contributed by atoms with Gasteiger partial charge in [-0.1, -0.05) is 73.7 Å². The van der Waals surface area contributed by atoms with Gasteiger partial charge in [0.05, 0.1) is 23.9 Å². The molecule has 1 aliphatic heterocycles. The lowest BCUT2D eigenvalue weighted by Gasteiger charge is -2.38. The first-order chi connectivity index (χ1) is 23.8. The fraction of sp³-hybridized carbons (Fsp3) is 0.250. The third-order valence-electron chi connectivity index (χ3n) is 8.81. The molecule has 1 aliphatic rings. The van der Waals surface area contributed by atoms with E-state index in [1.807, 2.05) is 98.9 Å². The SMILES string of the molecule is C[C@@H]1CN([C@@H](C)CO)C(=O)c2cc(NC(=O)Nc3cccc4ccccc34)ccc2O[C@H]1CN(C)Cc1ccc(Oc2ccccc2)cc1. The molecular weight excluding hydrogens is 616 g/mol. The van der Waals surface area contributed by atoms with Crippen molar-refractivity contribution >= 4 is 34.1 Å². The fourth-order valence-electron chi connectivity index (χ4n) is 6.11.